The zero-order valence-corrected chi connectivity index (χ0v) is 10.8. The first-order valence-electron chi connectivity index (χ1n) is 6.32. The summed E-state index contributed by atoms with van der Waals surface area (Å²) in [6.45, 7) is 2.19. The summed E-state index contributed by atoms with van der Waals surface area (Å²) in [4.78, 5) is 0. The highest BCUT2D eigenvalue weighted by Crippen LogP contribution is 2.22. The Hall–Kier alpha value is -2.06. The van der Waals surface area contributed by atoms with E-state index in [1.807, 2.05) is 0 Å². The second-order valence-corrected chi connectivity index (χ2v) is 4.11. The molecular weight excluding hydrogens is 222 g/mol. The number of rotatable bonds is 4. The van der Waals surface area contributed by atoms with Gasteiger partial charge in [-0.25, -0.2) is 0 Å². The van der Waals surface area contributed by atoms with Crippen LogP contribution >= 0.6 is 0 Å². The SMILES string of the molecule is CCCCCCC#CC#Cc1cccc(N)c1O. The molecule has 0 aliphatic heterocycles. The molecule has 94 valence electrons. The minimum absolute atomic E-state index is 0.0368. The monoisotopic (exact) mass is 241 g/mol. The van der Waals surface area contributed by atoms with Gasteiger partial charge in [-0.15, -0.1) is 0 Å². The van der Waals surface area contributed by atoms with Crippen LogP contribution in [0.15, 0.2) is 18.2 Å². The summed E-state index contributed by atoms with van der Waals surface area (Å²) in [5.41, 5.74) is 6.43. The van der Waals surface area contributed by atoms with Gasteiger partial charge in [-0.1, -0.05) is 38.2 Å². The lowest BCUT2D eigenvalue weighted by Crippen LogP contribution is -1.86. The summed E-state index contributed by atoms with van der Waals surface area (Å²) in [7, 11) is 0. The highest BCUT2D eigenvalue weighted by atomic mass is 16.3. The molecule has 0 saturated carbocycles. The van der Waals surface area contributed by atoms with Gasteiger partial charge in [0.05, 0.1) is 11.3 Å². The second kappa shape index (κ2) is 8.09. The highest BCUT2D eigenvalue weighted by molar-refractivity contribution is 5.61. The molecule has 18 heavy (non-hydrogen) atoms. The van der Waals surface area contributed by atoms with Crippen LogP contribution < -0.4 is 5.73 Å². The molecule has 0 radical (unpaired) electrons. The third-order valence-electron chi connectivity index (χ3n) is 2.57. The number of unbranched alkanes of at least 4 members (excludes halogenated alkanes) is 4. The van der Waals surface area contributed by atoms with Gasteiger partial charge in [-0.05, 0) is 36.3 Å². The molecule has 0 atom stereocenters. The zero-order chi connectivity index (χ0) is 13.2. The Balaban J connectivity index is 2.46. The molecule has 2 heteroatoms. The highest BCUT2D eigenvalue weighted by Gasteiger charge is 1.99. The van der Waals surface area contributed by atoms with Crippen LogP contribution in [0.2, 0.25) is 0 Å². The maximum absolute atomic E-state index is 9.62. The van der Waals surface area contributed by atoms with E-state index in [-0.39, 0.29) is 5.75 Å². The molecule has 1 aromatic rings. The lowest BCUT2D eigenvalue weighted by atomic mass is 10.1. The van der Waals surface area contributed by atoms with Crippen LogP contribution in [0.25, 0.3) is 0 Å². The number of hydrogen-bond donors (Lipinski definition) is 2. The molecule has 0 aliphatic rings. The fraction of sp³-hybridized carbons (Fsp3) is 0.375. The van der Waals surface area contributed by atoms with Gasteiger partial charge in [-0.2, -0.15) is 0 Å². The third kappa shape index (κ3) is 4.85. The van der Waals surface area contributed by atoms with E-state index in [9.17, 15) is 5.11 Å². The number of phenols is 1. The summed E-state index contributed by atoms with van der Waals surface area (Å²) in [6.07, 6.45) is 5.75. The molecule has 0 fully saturated rings. The van der Waals surface area contributed by atoms with Gasteiger partial charge in [-0.3, -0.25) is 0 Å². The van der Waals surface area contributed by atoms with Crippen molar-refractivity contribution in [3.05, 3.63) is 23.8 Å². The average Bonchev–Trinajstić information content (AvgIpc) is 2.37. The predicted octanol–water partition coefficient (Wildman–Crippen LogP) is 3.30. The van der Waals surface area contributed by atoms with Gasteiger partial charge in [0.15, 0.2) is 5.75 Å². The third-order valence-corrected chi connectivity index (χ3v) is 2.57. The topological polar surface area (TPSA) is 46.2 Å². The van der Waals surface area contributed by atoms with E-state index >= 15 is 0 Å². The zero-order valence-electron chi connectivity index (χ0n) is 10.8. The van der Waals surface area contributed by atoms with Crippen LogP contribution in [-0.2, 0) is 0 Å². The molecule has 0 heterocycles. The van der Waals surface area contributed by atoms with Gasteiger partial charge in [0.2, 0.25) is 0 Å². The molecule has 3 N–H and O–H groups in total. The van der Waals surface area contributed by atoms with Crippen molar-refractivity contribution >= 4 is 5.69 Å². The van der Waals surface area contributed by atoms with Crippen molar-refractivity contribution in [3.8, 4) is 29.4 Å². The summed E-state index contributed by atoms with van der Waals surface area (Å²) in [6, 6.07) is 5.12. The maximum atomic E-state index is 9.62. The number of aromatic hydroxyl groups is 1. The smallest absolute Gasteiger partial charge is 0.154 e. The van der Waals surface area contributed by atoms with E-state index in [2.05, 4.69) is 30.6 Å². The van der Waals surface area contributed by atoms with Crippen molar-refractivity contribution in [2.45, 2.75) is 39.0 Å². The lowest BCUT2D eigenvalue weighted by Gasteiger charge is -1.98. The van der Waals surface area contributed by atoms with E-state index in [1.54, 1.807) is 18.2 Å². The van der Waals surface area contributed by atoms with Gasteiger partial charge in [0.1, 0.15) is 0 Å². The first kappa shape index (κ1) is 14.0. The van der Waals surface area contributed by atoms with Gasteiger partial charge in [0, 0.05) is 6.42 Å². The Morgan fingerprint density at radius 1 is 1.17 bits per heavy atom. The molecule has 1 rings (SSSR count). The fourth-order valence-electron chi connectivity index (χ4n) is 1.51. The second-order valence-electron chi connectivity index (χ2n) is 4.11. The van der Waals surface area contributed by atoms with Crippen LogP contribution in [0, 0.1) is 23.7 Å². The van der Waals surface area contributed by atoms with E-state index in [0.29, 0.717) is 11.3 Å². The van der Waals surface area contributed by atoms with Crippen molar-refractivity contribution in [1.82, 2.24) is 0 Å². The Morgan fingerprint density at radius 2 is 2.00 bits per heavy atom. The average molecular weight is 241 g/mol. The Morgan fingerprint density at radius 3 is 2.78 bits per heavy atom. The largest absolute Gasteiger partial charge is 0.505 e. The molecule has 0 bridgehead atoms. The van der Waals surface area contributed by atoms with Gasteiger partial charge in [0.25, 0.3) is 0 Å². The Bertz CT molecular complexity index is 497. The minimum atomic E-state index is 0.0368. The van der Waals surface area contributed by atoms with Crippen LogP contribution in [0.1, 0.15) is 44.6 Å². The Kier molecular flexibility index (Phi) is 6.30. The van der Waals surface area contributed by atoms with Crippen molar-refractivity contribution in [3.63, 3.8) is 0 Å². The van der Waals surface area contributed by atoms with E-state index < -0.39 is 0 Å². The molecule has 0 aliphatic carbocycles. The summed E-state index contributed by atoms with van der Waals surface area (Å²) >= 11 is 0. The molecule has 0 amide bonds. The predicted molar refractivity (Wildman–Crippen MR) is 75.9 cm³/mol. The van der Waals surface area contributed by atoms with E-state index in [1.165, 1.54) is 19.3 Å². The van der Waals surface area contributed by atoms with Crippen LogP contribution in [0.4, 0.5) is 5.69 Å². The number of phenolic OH excluding ortho intramolecular Hbond substituents is 1. The van der Waals surface area contributed by atoms with Gasteiger partial charge >= 0.3 is 0 Å². The van der Waals surface area contributed by atoms with Crippen LogP contribution in [-0.4, -0.2) is 5.11 Å². The normalized spacial score (nSPS) is 8.94. The number of hydrogen-bond acceptors (Lipinski definition) is 2. The molecule has 0 saturated heterocycles. The van der Waals surface area contributed by atoms with Gasteiger partial charge < -0.3 is 10.8 Å². The molecule has 0 spiro atoms. The van der Waals surface area contributed by atoms with Crippen molar-refractivity contribution in [2.75, 3.05) is 5.73 Å². The van der Waals surface area contributed by atoms with Crippen molar-refractivity contribution < 1.29 is 5.11 Å². The molecule has 2 nitrogen and oxygen atoms in total. The quantitative estimate of drug-likeness (QED) is 0.368. The lowest BCUT2D eigenvalue weighted by molar-refractivity contribution is 0.476. The summed E-state index contributed by atoms with van der Waals surface area (Å²) in [5, 5.41) is 9.62. The first-order chi connectivity index (χ1) is 8.75. The van der Waals surface area contributed by atoms with Crippen LogP contribution in [0.3, 0.4) is 0 Å². The number of nitrogens with two attached hydrogens (primary N) is 1. The number of nitrogen functional groups attached to an aromatic ring is 1. The van der Waals surface area contributed by atoms with Crippen LogP contribution in [0.5, 0.6) is 5.75 Å². The number of benzene rings is 1. The van der Waals surface area contributed by atoms with Crippen molar-refractivity contribution in [2.24, 2.45) is 0 Å². The number of para-hydroxylation sites is 1. The fourth-order valence-corrected chi connectivity index (χ4v) is 1.51. The van der Waals surface area contributed by atoms with E-state index in [0.717, 1.165) is 12.8 Å². The number of anilines is 1. The first-order valence-corrected chi connectivity index (χ1v) is 6.32. The standard InChI is InChI=1S/C16H19NO/c1-2-3-4-5-6-7-8-9-11-14-12-10-13-15(17)16(14)18/h10,12-13,18H,2-6,17H2,1H3. The maximum Gasteiger partial charge on any atom is 0.154 e. The van der Waals surface area contributed by atoms with E-state index in [4.69, 9.17) is 5.73 Å². The summed E-state index contributed by atoms with van der Waals surface area (Å²) < 4.78 is 0. The van der Waals surface area contributed by atoms with Crippen molar-refractivity contribution in [1.29, 1.82) is 0 Å². The molecular formula is C16H19NO. The Labute approximate surface area is 109 Å². The molecule has 1 aromatic carbocycles. The molecule has 0 unspecified atom stereocenters. The summed E-state index contributed by atoms with van der Waals surface area (Å²) in [5.74, 6) is 11.4. The minimum Gasteiger partial charge on any atom is -0.505 e. The molecule has 0 aromatic heterocycles.